The third kappa shape index (κ3) is 3.10. The fraction of sp³-hybridized carbons (Fsp3) is 0.600. The number of nitrogens with zero attached hydrogens (tertiary/aromatic N) is 1. The van der Waals surface area contributed by atoms with Crippen LogP contribution in [0.5, 0.6) is 11.5 Å². The number of nitrogens with two attached hydrogens (primary N) is 1. The Hall–Kier alpha value is -0.780. The van der Waals surface area contributed by atoms with E-state index in [4.69, 9.17) is 15.2 Å². The number of hydrogen-bond donors (Lipinski definition) is 1. The van der Waals surface area contributed by atoms with Gasteiger partial charge in [-0.2, -0.15) is 0 Å². The van der Waals surface area contributed by atoms with Crippen molar-refractivity contribution in [3.8, 4) is 11.5 Å². The Balaban J connectivity index is 2.15. The molecule has 1 heterocycles. The van der Waals surface area contributed by atoms with Crippen LogP contribution in [-0.4, -0.2) is 38.8 Å². The minimum absolute atomic E-state index is 0.253. The van der Waals surface area contributed by atoms with Crippen LogP contribution in [-0.2, 0) is 6.54 Å². The third-order valence-corrected chi connectivity index (χ3v) is 4.96. The first-order valence-corrected chi connectivity index (χ1v) is 7.64. The molecule has 1 unspecified atom stereocenters. The van der Waals surface area contributed by atoms with Crippen LogP contribution in [0.1, 0.15) is 18.9 Å². The quantitative estimate of drug-likeness (QED) is 0.893. The number of ether oxygens (including phenoxy) is 2. The zero-order chi connectivity index (χ0) is 14.8. The highest BCUT2D eigenvalue weighted by Gasteiger charge is 2.32. The molecule has 20 heavy (non-hydrogen) atoms. The van der Waals surface area contributed by atoms with Crippen LogP contribution in [0.25, 0.3) is 0 Å². The van der Waals surface area contributed by atoms with E-state index in [-0.39, 0.29) is 5.41 Å². The molecule has 2 rings (SSSR count). The molecule has 1 fully saturated rings. The van der Waals surface area contributed by atoms with Crippen molar-refractivity contribution in [3.63, 3.8) is 0 Å². The zero-order valence-corrected chi connectivity index (χ0v) is 14.0. The van der Waals surface area contributed by atoms with E-state index >= 15 is 0 Å². The summed E-state index contributed by atoms with van der Waals surface area (Å²) in [5.41, 5.74) is 7.33. The topological polar surface area (TPSA) is 47.7 Å². The van der Waals surface area contributed by atoms with E-state index in [1.807, 2.05) is 6.07 Å². The van der Waals surface area contributed by atoms with Gasteiger partial charge in [0.25, 0.3) is 0 Å². The van der Waals surface area contributed by atoms with Crippen LogP contribution in [0.15, 0.2) is 16.6 Å². The molecular weight excluding hydrogens is 320 g/mol. The second kappa shape index (κ2) is 6.33. The lowest BCUT2D eigenvalue weighted by Gasteiger charge is -2.23. The maximum absolute atomic E-state index is 5.86. The van der Waals surface area contributed by atoms with E-state index < -0.39 is 0 Å². The number of hydrogen-bond acceptors (Lipinski definition) is 4. The van der Waals surface area contributed by atoms with Crippen molar-refractivity contribution >= 4 is 15.9 Å². The van der Waals surface area contributed by atoms with Crippen LogP contribution in [0.2, 0.25) is 0 Å². The summed E-state index contributed by atoms with van der Waals surface area (Å²) >= 11 is 3.63. The Kier molecular flexibility index (Phi) is 4.94. The normalized spacial score (nSPS) is 23.1. The first-order chi connectivity index (χ1) is 9.53. The number of rotatable bonds is 5. The maximum atomic E-state index is 5.86. The Morgan fingerprint density at radius 1 is 1.35 bits per heavy atom. The maximum Gasteiger partial charge on any atom is 0.175 e. The highest BCUT2D eigenvalue weighted by atomic mass is 79.9. The molecule has 1 aliphatic rings. The standard InChI is InChI=1S/C15H23BrN2O2/c1-15(9-17)6-7-18(10-15)8-11-4-5-12(19-2)14(20-3)13(11)16/h4-5H,6-10,17H2,1-3H3. The Labute approximate surface area is 129 Å². The monoisotopic (exact) mass is 342 g/mol. The molecule has 1 aliphatic heterocycles. The van der Waals surface area contributed by atoms with Gasteiger partial charge in [0, 0.05) is 13.1 Å². The van der Waals surface area contributed by atoms with Gasteiger partial charge in [-0.25, -0.2) is 0 Å². The average molecular weight is 343 g/mol. The molecule has 0 aliphatic carbocycles. The summed E-state index contributed by atoms with van der Waals surface area (Å²) in [4.78, 5) is 2.44. The van der Waals surface area contributed by atoms with Crippen LogP contribution in [0.4, 0.5) is 0 Å². The average Bonchev–Trinajstić information content (AvgIpc) is 2.83. The summed E-state index contributed by atoms with van der Waals surface area (Å²) < 4.78 is 11.7. The van der Waals surface area contributed by atoms with Gasteiger partial charge in [0.1, 0.15) is 0 Å². The predicted octanol–water partition coefficient (Wildman–Crippen LogP) is 2.64. The molecule has 1 saturated heterocycles. The minimum atomic E-state index is 0.253. The highest BCUT2D eigenvalue weighted by molar-refractivity contribution is 9.10. The predicted molar refractivity (Wildman–Crippen MR) is 84.3 cm³/mol. The molecule has 1 aromatic carbocycles. The van der Waals surface area contributed by atoms with Crippen LogP contribution >= 0.6 is 15.9 Å². The van der Waals surface area contributed by atoms with Crippen molar-refractivity contribution in [2.45, 2.75) is 19.9 Å². The summed E-state index contributed by atoms with van der Waals surface area (Å²) in [6.45, 7) is 6.04. The van der Waals surface area contributed by atoms with E-state index in [9.17, 15) is 0 Å². The fourth-order valence-electron chi connectivity index (χ4n) is 2.72. The van der Waals surface area contributed by atoms with Crippen molar-refractivity contribution in [1.29, 1.82) is 0 Å². The fourth-order valence-corrected chi connectivity index (χ4v) is 3.34. The highest BCUT2D eigenvalue weighted by Crippen LogP contribution is 2.39. The molecule has 4 nitrogen and oxygen atoms in total. The number of methoxy groups -OCH3 is 2. The Morgan fingerprint density at radius 2 is 2.10 bits per heavy atom. The van der Waals surface area contributed by atoms with Crippen LogP contribution in [0, 0.1) is 5.41 Å². The summed E-state index contributed by atoms with van der Waals surface area (Å²) in [7, 11) is 3.31. The van der Waals surface area contributed by atoms with Gasteiger partial charge in [-0.05, 0) is 52.5 Å². The van der Waals surface area contributed by atoms with Gasteiger partial charge >= 0.3 is 0 Å². The molecule has 0 bridgehead atoms. The minimum Gasteiger partial charge on any atom is -0.493 e. The van der Waals surface area contributed by atoms with E-state index in [0.717, 1.165) is 48.6 Å². The Morgan fingerprint density at radius 3 is 2.65 bits per heavy atom. The number of benzene rings is 1. The molecule has 0 radical (unpaired) electrons. The van der Waals surface area contributed by atoms with Crippen LogP contribution < -0.4 is 15.2 Å². The van der Waals surface area contributed by atoms with Gasteiger partial charge in [0.15, 0.2) is 11.5 Å². The van der Waals surface area contributed by atoms with Crippen molar-refractivity contribution in [2.24, 2.45) is 11.1 Å². The molecule has 112 valence electrons. The van der Waals surface area contributed by atoms with Gasteiger partial charge in [0.05, 0.1) is 18.7 Å². The zero-order valence-electron chi connectivity index (χ0n) is 12.4. The van der Waals surface area contributed by atoms with Gasteiger partial charge in [-0.15, -0.1) is 0 Å². The van der Waals surface area contributed by atoms with Crippen molar-refractivity contribution in [3.05, 3.63) is 22.2 Å². The lowest BCUT2D eigenvalue weighted by molar-refractivity contribution is 0.273. The van der Waals surface area contributed by atoms with E-state index in [1.165, 1.54) is 5.56 Å². The summed E-state index contributed by atoms with van der Waals surface area (Å²) in [6, 6.07) is 4.04. The number of likely N-dealkylation sites (tertiary alicyclic amines) is 1. The first-order valence-electron chi connectivity index (χ1n) is 6.85. The second-order valence-corrected chi connectivity index (χ2v) is 6.54. The smallest absolute Gasteiger partial charge is 0.175 e. The first kappa shape index (κ1) is 15.6. The van der Waals surface area contributed by atoms with Gasteiger partial charge in [-0.3, -0.25) is 4.90 Å². The van der Waals surface area contributed by atoms with Crippen LogP contribution in [0.3, 0.4) is 0 Å². The molecule has 0 spiro atoms. The summed E-state index contributed by atoms with van der Waals surface area (Å²) in [5.74, 6) is 1.50. The molecule has 0 aromatic heterocycles. The molecule has 2 N–H and O–H groups in total. The lowest BCUT2D eigenvalue weighted by Crippen LogP contribution is -2.31. The van der Waals surface area contributed by atoms with E-state index in [0.29, 0.717) is 0 Å². The third-order valence-electron chi connectivity index (χ3n) is 4.09. The largest absolute Gasteiger partial charge is 0.493 e. The lowest BCUT2D eigenvalue weighted by atomic mass is 9.90. The summed E-state index contributed by atoms with van der Waals surface area (Å²) in [6.07, 6.45) is 1.16. The molecule has 5 heteroatoms. The van der Waals surface area contributed by atoms with E-state index in [2.05, 4.69) is 33.8 Å². The molecule has 0 saturated carbocycles. The van der Waals surface area contributed by atoms with E-state index in [1.54, 1.807) is 14.2 Å². The second-order valence-electron chi connectivity index (χ2n) is 5.75. The molecule has 0 amide bonds. The van der Waals surface area contributed by atoms with Crippen molar-refractivity contribution < 1.29 is 9.47 Å². The van der Waals surface area contributed by atoms with Crippen molar-refractivity contribution in [1.82, 2.24) is 4.90 Å². The van der Waals surface area contributed by atoms with Gasteiger partial charge < -0.3 is 15.2 Å². The summed E-state index contributed by atoms with van der Waals surface area (Å²) in [5, 5.41) is 0. The Bertz CT molecular complexity index is 481. The van der Waals surface area contributed by atoms with Gasteiger partial charge in [-0.1, -0.05) is 13.0 Å². The molecule has 1 atom stereocenters. The molecule has 1 aromatic rings. The SMILES string of the molecule is COc1ccc(CN2CCC(C)(CN)C2)c(Br)c1OC. The number of halogens is 1. The van der Waals surface area contributed by atoms with Gasteiger partial charge in [0.2, 0.25) is 0 Å². The van der Waals surface area contributed by atoms with Crippen molar-refractivity contribution in [2.75, 3.05) is 33.9 Å². The molecular formula is C15H23BrN2O2.